The molecule has 3 aromatic rings. The number of hydrogen-bond acceptors (Lipinski definition) is 9. The van der Waals surface area contributed by atoms with Crippen molar-refractivity contribution < 1.29 is 28.5 Å². The van der Waals surface area contributed by atoms with Crippen LogP contribution in [0.4, 0.5) is 9.59 Å². The molecule has 0 bridgehead atoms. The number of aromatic nitrogens is 3. The molecular formula is C26H27BrN4O6. The third-order valence-corrected chi connectivity index (χ3v) is 6.15. The van der Waals surface area contributed by atoms with Crippen molar-refractivity contribution in [1.82, 2.24) is 14.5 Å². The van der Waals surface area contributed by atoms with Gasteiger partial charge in [0.05, 0.1) is 30.8 Å². The Morgan fingerprint density at radius 2 is 1.97 bits per heavy atom. The Labute approximate surface area is 222 Å². The van der Waals surface area contributed by atoms with E-state index in [1.54, 1.807) is 13.1 Å². The summed E-state index contributed by atoms with van der Waals surface area (Å²) in [6.07, 6.45) is 2.34. The molecule has 1 unspecified atom stereocenters. The number of imidazole rings is 1. The number of pyridine rings is 1. The fourth-order valence-corrected chi connectivity index (χ4v) is 4.35. The fourth-order valence-electron chi connectivity index (χ4n) is 3.99. The van der Waals surface area contributed by atoms with Crippen LogP contribution in [0.2, 0.25) is 0 Å². The van der Waals surface area contributed by atoms with Gasteiger partial charge in [-0.1, -0.05) is 22.0 Å². The second-order valence-electron chi connectivity index (χ2n) is 8.40. The number of hydrogen-bond donors (Lipinski definition) is 0. The van der Waals surface area contributed by atoms with Crippen LogP contribution in [0.15, 0.2) is 58.3 Å². The summed E-state index contributed by atoms with van der Waals surface area (Å²) in [5, 5.41) is 0. The third-order valence-electron chi connectivity index (χ3n) is 5.65. The molecule has 0 aliphatic carbocycles. The van der Waals surface area contributed by atoms with E-state index in [1.165, 1.54) is 7.11 Å². The number of methoxy groups -OCH3 is 1. The van der Waals surface area contributed by atoms with Gasteiger partial charge in [0.15, 0.2) is 0 Å². The minimum atomic E-state index is -0.846. The molecule has 2 atom stereocenters. The van der Waals surface area contributed by atoms with Crippen molar-refractivity contribution in [1.29, 1.82) is 0 Å². The van der Waals surface area contributed by atoms with Crippen molar-refractivity contribution in [3.8, 4) is 5.69 Å². The molecule has 0 saturated heterocycles. The number of rotatable bonds is 8. The summed E-state index contributed by atoms with van der Waals surface area (Å²) in [4.78, 5) is 37.4. The van der Waals surface area contributed by atoms with Gasteiger partial charge in [-0.25, -0.2) is 14.6 Å². The highest BCUT2D eigenvalue weighted by atomic mass is 79.9. The summed E-state index contributed by atoms with van der Waals surface area (Å²) in [6, 6.07) is 11.5. The van der Waals surface area contributed by atoms with Gasteiger partial charge in [0.25, 0.3) is 0 Å². The number of carbonyl (C=O) groups is 2. The average molecular weight is 571 g/mol. The fraction of sp³-hybridized carbons (Fsp3) is 0.346. The van der Waals surface area contributed by atoms with Gasteiger partial charge in [-0.2, -0.15) is 0 Å². The van der Waals surface area contributed by atoms with Crippen LogP contribution in [-0.4, -0.2) is 59.0 Å². The number of aliphatic imine (C=N–C) groups is 1. The second-order valence-corrected chi connectivity index (χ2v) is 9.31. The standard InChI is InChI=1S/C26H27BrN4O6/c1-16-14-29-24-21(8-6-12-35-26(33)36-15-17(2)37-25(32)34-3)30-23(20-7-4-5-11-28-20)19-13-18(27)9-10-22(19)31(16)24/h4-5,7,9-11,13-14,17,21H,6,8,12,15H2,1-3H3/t17?,21-/m0/s1. The summed E-state index contributed by atoms with van der Waals surface area (Å²) in [5.41, 5.74) is 4.44. The van der Waals surface area contributed by atoms with Crippen molar-refractivity contribution in [2.75, 3.05) is 20.3 Å². The average Bonchev–Trinajstić information content (AvgIpc) is 3.21. The molecule has 194 valence electrons. The van der Waals surface area contributed by atoms with Crippen LogP contribution >= 0.6 is 15.9 Å². The van der Waals surface area contributed by atoms with Gasteiger partial charge in [-0.05, 0) is 57.0 Å². The lowest BCUT2D eigenvalue weighted by Gasteiger charge is -2.15. The van der Waals surface area contributed by atoms with E-state index in [0.29, 0.717) is 12.8 Å². The summed E-state index contributed by atoms with van der Waals surface area (Å²) in [7, 11) is 1.20. The molecule has 0 saturated carbocycles. The van der Waals surface area contributed by atoms with Gasteiger partial charge in [0, 0.05) is 28.1 Å². The van der Waals surface area contributed by atoms with E-state index in [-0.39, 0.29) is 19.3 Å². The zero-order valence-electron chi connectivity index (χ0n) is 20.7. The molecule has 0 radical (unpaired) electrons. The highest BCUT2D eigenvalue weighted by Gasteiger charge is 2.27. The second kappa shape index (κ2) is 12.0. The van der Waals surface area contributed by atoms with Crippen LogP contribution in [0.3, 0.4) is 0 Å². The van der Waals surface area contributed by atoms with Crippen LogP contribution < -0.4 is 0 Å². The Morgan fingerprint density at radius 3 is 2.73 bits per heavy atom. The smallest absolute Gasteiger partial charge is 0.438 e. The largest absolute Gasteiger partial charge is 0.508 e. The Morgan fingerprint density at radius 1 is 1.14 bits per heavy atom. The van der Waals surface area contributed by atoms with Gasteiger partial charge in [0.1, 0.15) is 24.6 Å². The number of nitrogens with zero attached hydrogens (tertiary/aromatic N) is 4. The minimum absolute atomic E-state index is 0.133. The van der Waals surface area contributed by atoms with Crippen LogP contribution in [0.1, 0.15) is 48.6 Å². The number of ether oxygens (including phenoxy) is 4. The van der Waals surface area contributed by atoms with Crippen LogP contribution in [0, 0.1) is 6.92 Å². The van der Waals surface area contributed by atoms with Gasteiger partial charge >= 0.3 is 12.3 Å². The third kappa shape index (κ3) is 6.34. The van der Waals surface area contributed by atoms with Gasteiger partial charge < -0.3 is 18.9 Å². The van der Waals surface area contributed by atoms with Gasteiger partial charge in [0.2, 0.25) is 0 Å². The molecule has 10 nitrogen and oxygen atoms in total. The highest BCUT2D eigenvalue weighted by Crippen LogP contribution is 2.34. The van der Waals surface area contributed by atoms with Gasteiger partial charge in [-0.15, -0.1) is 0 Å². The lowest BCUT2D eigenvalue weighted by atomic mass is 10.0. The number of fused-ring (bicyclic) bond motifs is 3. The van der Waals surface area contributed by atoms with Crippen molar-refractivity contribution in [2.45, 2.75) is 38.8 Å². The van der Waals surface area contributed by atoms with E-state index >= 15 is 0 Å². The van der Waals surface area contributed by atoms with E-state index in [9.17, 15) is 9.59 Å². The first-order valence-corrected chi connectivity index (χ1v) is 12.5. The van der Waals surface area contributed by atoms with E-state index < -0.39 is 18.4 Å². The molecule has 0 N–H and O–H groups in total. The molecule has 11 heteroatoms. The zero-order valence-corrected chi connectivity index (χ0v) is 22.3. The van der Waals surface area contributed by atoms with Crippen LogP contribution in [-0.2, 0) is 18.9 Å². The SMILES string of the molecule is COC(=O)OC(C)COC(=O)OCCC[C@@H]1N=C(c2ccccn2)c2cc(Br)ccc2-n2c(C)cnc21. The number of carbonyl (C=O) groups excluding carboxylic acids is 2. The normalized spacial score (nSPS) is 14.9. The maximum Gasteiger partial charge on any atom is 0.508 e. The topological polar surface area (TPSA) is 114 Å². The highest BCUT2D eigenvalue weighted by molar-refractivity contribution is 9.10. The maximum absolute atomic E-state index is 12.0. The molecular weight excluding hydrogens is 544 g/mol. The summed E-state index contributed by atoms with van der Waals surface area (Å²) in [5.74, 6) is 0.809. The number of halogens is 1. The Balaban J connectivity index is 1.48. The molecule has 0 fully saturated rings. The van der Waals surface area contributed by atoms with Crippen molar-refractivity contribution in [3.63, 3.8) is 0 Å². The zero-order chi connectivity index (χ0) is 26.4. The van der Waals surface area contributed by atoms with Crippen molar-refractivity contribution in [3.05, 3.63) is 76.0 Å². The summed E-state index contributed by atoms with van der Waals surface area (Å²) in [6.45, 7) is 3.58. The van der Waals surface area contributed by atoms with E-state index in [1.807, 2.05) is 49.5 Å². The lowest BCUT2D eigenvalue weighted by molar-refractivity contribution is -0.00490. The Bertz CT molecular complexity index is 1290. The van der Waals surface area contributed by atoms with Gasteiger partial charge in [-0.3, -0.25) is 14.5 Å². The molecule has 0 spiro atoms. The Hall–Kier alpha value is -3.73. The predicted molar refractivity (Wildman–Crippen MR) is 138 cm³/mol. The molecule has 37 heavy (non-hydrogen) atoms. The number of benzene rings is 1. The molecule has 3 heterocycles. The van der Waals surface area contributed by atoms with E-state index in [4.69, 9.17) is 19.2 Å². The van der Waals surface area contributed by atoms with E-state index in [0.717, 1.165) is 38.6 Å². The molecule has 2 aromatic heterocycles. The molecule has 4 rings (SSSR count). The Kier molecular flexibility index (Phi) is 8.54. The lowest BCUT2D eigenvalue weighted by Crippen LogP contribution is -2.22. The van der Waals surface area contributed by atoms with Crippen LogP contribution in [0.25, 0.3) is 5.69 Å². The maximum atomic E-state index is 12.0. The molecule has 1 aliphatic rings. The molecule has 1 aliphatic heterocycles. The first-order chi connectivity index (χ1) is 17.9. The first-order valence-electron chi connectivity index (χ1n) is 11.7. The van der Waals surface area contributed by atoms with E-state index in [2.05, 4.69) is 35.2 Å². The van der Waals surface area contributed by atoms with Crippen LogP contribution in [0.5, 0.6) is 0 Å². The molecule has 0 amide bonds. The first kappa shape index (κ1) is 26.3. The molecule has 1 aromatic carbocycles. The summed E-state index contributed by atoms with van der Waals surface area (Å²) >= 11 is 3.59. The minimum Gasteiger partial charge on any atom is -0.438 e. The quantitative estimate of drug-likeness (QED) is 0.263. The van der Waals surface area contributed by atoms with Crippen molar-refractivity contribution >= 4 is 34.0 Å². The number of aryl methyl sites for hydroxylation is 1. The van der Waals surface area contributed by atoms with Crippen molar-refractivity contribution in [2.24, 2.45) is 4.99 Å². The predicted octanol–water partition coefficient (Wildman–Crippen LogP) is 5.34. The monoisotopic (exact) mass is 570 g/mol. The summed E-state index contributed by atoms with van der Waals surface area (Å²) < 4.78 is 22.5.